The highest BCUT2D eigenvalue weighted by atomic mass is 16.7. The molecule has 8 nitrogen and oxygen atoms in total. The summed E-state index contributed by atoms with van der Waals surface area (Å²) in [6.07, 6.45) is 8.73. The van der Waals surface area contributed by atoms with Crippen molar-refractivity contribution in [2.75, 3.05) is 19.7 Å². The molecule has 2 saturated heterocycles. The van der Waals surface area contributed by atoms with Crippen LogP contribution in [-0.4, -0.2) is 65.2 Å². The number of aryl methyl sites for hydroxylation is 1. The van der Waals surface area contributed by atoms with Gasteiger partial charge in [0.25, 0.3) is 0 Å². The predicted molar refractivity (Wildman–Crippen MR) is 147 cm³/mol. The van der Waals surface area contributed by atoms with Crippen molar-refractivity contribution in [1.29, 1.82) is 0 Å². The highest BCUT2D eigenvalue weighted by Gasteiger charge is 2.69. The van der Waals surface area contributed by atoms with E-state index in [1.54, 1.807) is 27.6 Å². The second-order valence-electron chi connectivity index (χ2n) is 11.9. The number of likely N-dealkylation sites (tertiary alicyclic amines) is 1. The van der Waals surface area contributed by atoms with Crippen molar-refractivity contribution < 1.29 is 28.5 Å². The molecular formula is C29H43BN2O6. The molecule has 9 heteroatoms. The Balaban J connectivity index is 1.66. The van der Waals surface area contributed by atoms with Crippen molar-refractivity contribution in [3.63, 3.8) is 0 Å². The number of fused-ring (bicyclic) bond motifs is 3. The summed E-state index contributed by atoms with van der Waals surface area (Å²) < 4.78 is 17.3. The van der Waals surface area contributed by atoms with Crippen LogP contribution in [0.25, 0.3) is 0 Å². The summed E-state index contributed by atoms with van der Waals surface area (Å²) in [5.41, 5.74) is -0.348. The molecule has 0 saturated carbocycles. The summed E-state index contributed by atoms with van der Waals surface area (Å²) in [5.74, 6) is 1.76. The number of hydrogen-bond donors (Lipinski definition) is 1. The van der Waals surface area contributed by atoms with E-state index < -0.39 is 30.3 Å². The van der Waals surface area contributed by atoms with Crippen molar-refractivity contribution in [3.05, 3.63) is 48.5 Å². The van der Waals surface area contributed by atoms with Crippen LogP contribution in [0.1, 0.15) is 88.3 Å². The van der Waals surface area contributed by atoms with Crippen LogP contribution >= 0.6 is 0 Å². The van der Waals surface area contributed by atoms with E-state index in [-0.39, 0.29) is 24.5 Å². The van der Waals surface area contributed by atoms with Crippen LogP contribution in [0.2, 0.25) is 6.82 Å². The van der Waals surface area contributed by atoms with Crippen LogP contribution in [-0.2, 0) is 20.7 Å². The van der Waals surface area contributed by atoms with Crippen LogP contribution in [0.3, 0.4) is 0 Å². The van der Waals surface area contributed by atoms with E-state index >= 15 is 0 Å². The smallest absolute Gasteiger partial charge is 0.464 e. The fourth-order valence-electron chi connectivity index (χ4n) is 6.75. The van der Waals surface area contributed by atoms with Crippen LogP contribution in [0.5, 0.6) is 0 Å². The first-order valence-electron chi connectivity index (χ1n) is 14.0. The molecule has 2 aliphatic heterocycles. The number of furan rings is 1. The predicted octanol–water partition coefficient (Wildman–Crippen LogP) is 5.25. The Morgan fingerprint density at radius 3 is 2.68 bits per heavy atom. The Hall–Kier alpha value is -2.52. The molecule has 0 radical (unpaired) electrons. The number of carbonyl (C=O) groups excluding carboxylic acids is 2. The molecule has 0 aromatic carbocycles. The normalized spacial score (nSPS) is 26.5. The minimum atomic E-state index is -0.865. The Morgan fingerprint density at radius 2 is 2.03 bits per heavy atom. The van der Waals surface area contributed by atoms with Crippen LogP contribution in [0.4, 0.5) is 4.79 Å². The average Bonchev–Trinajstić information content (AvgIpc) is 3.46. The Bertz CT molecular complexity index is 1050. The molecule has 1 amide bonds. The van der Waals surface area contributed by atoms with Crippen molar-refractivity contribution in [2.45, 2.75) is 96.1 Å². The number of ether oxygens (including phenoxy) is 2. The topological polar surface area (TPSA) is 92.5 Å². The second-order valence-corrected chi connectivity index (χ2v) is 11.9. The third kappa shape index (κ3) is 5.32. The van der Waals surface area contributed by atoms with Gasteiger partial charge in [0.1, 0.15) is 23.7 Å². The molecule has 0 bridgehead atoms. The molecule has 208 valence electrons. The summed E-state index contributed by atoms with van der Waals surface area (Å²) in [4.78, 5) is 30.6. The van der Waals surface area contributed by atoms with Gasteiger partial charge in [0, 0.05) is 31.5 Å². The molecule has 2 unspecified atom stereocenters. The van der Waals surface area contributed by atoms with E-state index in [2.05, 4.69) is 19.2 Å². The standard InChI is InChI=1S/C29H43BN2O6/c1-7-9-11-12-15-31-16-14-23-22-17-21(13-10-8-2)37-24(22)25-29(23,26(31)33)18-20(32(25)30(6)35)19-36-27(34)38-28(3,4)5/h7-8,17,20,23,25,35H,1-2,9-16,18-19H2,3-6H3/t20-,23?,25+,29?/m1/s1. The fourth-order valence-corrected chi connectivity index (χ4v) is 6.75. The Morgan fingerprint density at radius 1 is 1.29 bits per heavy atom. The lowest BCUT2D eigenvalue weighted by Crippen LogP contribution is -2.53. The van der Waals surface area contributed by atoms with Gasteiger partial charge in [0.2, 0.25) is 5.91 Å². The first-order valence-corrected chi connectivity index (χ1v) is 14.0. The average molecular weight is 526 g/mol. The van der Waals surface area contributed by atoms with Crippen molar-refractivity contribution in [2.24, 2.45) is 5.41 Å². The molecule has 1 aliphatic carbocycles. The summed E-state index contributed by atoms with van der Waals surface area (Å²) in [7, 11) is -0.865. The molecule has 4 atom stereocenters. The van der Waals surface area contributed by atoms with E-state index in [9.17, 15) is 14.6 Å². The van der Waals surface area contributed by atoms with Crippen molar-refractivity contribution in [3.8, 4) is 0 Å². The molecular weight excluding hydrogens is 483 g/mol. The highest BCUT2D eigenvalue weighted by Crippen LogP contribution is 2.67. The summed E-state index contributed by atoms with van der Waals surface area (Å²) in [6, 6.07) is 1.34. The van der Waals surface area contributed by atoms with Crippen LogP contribution in [0, 0.1) is 5.41 Å². The third-order valence-corrected chi connectivity index (χ3v) is 8.14. The van der Waals surface area contributed by atoms with Gasteiger partial charge < -0.3 is 28.6 Å². The van der Waals surface area contributed by atoms with Gasteiger partial charge in [-0.1, -0.05) is 12.2 Å². The number of rotatable bonds is 11. The van der Waals surface area contributed by atoms with Gasteiger partial charge in [-0.25, -0.2) is 4.79 Å². The van der Waals surface area contributed by atoms with Gasteiger partial charge in [-0.3, -0.25) is 4.79 Å². The molecule has 3 aliphatic rings. The number of allylic oxidation sites excluding steroid dienone is 2. The van der Waals surface area contributed by atoms with E-state index in [0.717, 1.165) is 55.6 Å². The van der Waals surface area contributed by atoms with E-state index in [1.165, 1.54) is 0 Å². The molecule has 4 rings (SSSR count). The van der Waals surface area contributed by atoms with Gasteiger partial charge in [0.15, 0.2) is 0 Å². The zero-order valence-corrected chi connectivity index (χ0v) is 23.4. The first-order chi connectivity index (χ1) is 18.0. The zero-order valence-electron chi connectivity index (χ0n) is 23.4. The molecule has 3 heterocycles. The van der Waals surface area contributed by atoms with Gasteiger partial charge in [-0.2, -0.15) is 0 Å². The van der Waals surface area contributed by atoms with Crippen molar-refractivity contribution in [1.82, 2.24) is 9.71 Å². The lowest BCUT2D eigenvalue weighted by atomic mass is 9.67. The van der Waals surface area contributed by atoms with Crippen LogP contribution in [0.15, 0.2) is 35.8 Å². The SMILES string of the molecule is C=CCCCCN1CCC2c3cc(CCC=C)oc3[C@@H]3N(B(C)O)[C@@H](COC(=O)OC(C)(C)C)CC23C1=O. The minimum Gasteiger partial charge on any atom is -0.464 e. The maximum Gasteiger partial charge on any atom is 0.508 e. The summed E-state index contributed by atoms with van der Waals surface area (Å²) in [6.45, 7) is 16.1. The molecule has 1 spiro atoms. The maximum absolute atomic E-state index is 14.3. The summed E-state index contributed by atoms with van der Waals surface area (Å²) >= 11 is 0. The van der Waals surface area contributed by atoms with Gasteiger partial charge in [-0.05, 0) is 77.7 Å². The molecule has 1 N–H and O–H groups in total. The van der Waals surface area contributed by atoms with Crippen LogP contribution < -0.4 is 0 Å². The molecule has 2 fully saturated rings. The highest BCUT2D eigenvalue weighted by molar-refractivity contribution is 6.45. The quantitative estimate of drug-likeness (QED) is 0.182. The number of amides is 1. The maximum atomic E-state index is 14.3. The summed E-state index contributed by atoms with van der Waals surface area (Å²) in [5, 5.41) is 11.0. The van der Waals surface area contributed by atoms with Crippen molar-refractivity contribution >= 4 is 19.1 Å². The number of carbonyl (C=O) groups is 2. The number of piperidine rings is 1. The molecule has 38 heavy (non-hydrogen) atoms. The lowest BCUT2D eigenvalue weighted by molar-refractivity contribution is -0.149. The number of nitrogens with zero attached hydrogens (tertiary/aromatic N) is 2. The molecule has 1 aromatic rings. The lowest BCUT2D eigenvalue weighted by Gasteiger charge is -2.44. The molecule has 1 aromatic heterocycles. The Kier molecular flexibility index (Phi) is 8.48. The van der Waals surface area contributed by atoms with Gasteiger partial charge in [0.05, 0.1) is 11.5 Å². The van der Waals surface area contributed by atoms with E-state index in [1.807, 2.05) is 21.9 Å². The zero-order chi connectivity index (χ0) is 27.7. The van der Waals surface area contributed by atoms with E-state index in [4.69, 9.17) is 13.9 Å². The monoisotopic (exact) mass is 526 g/mol. The largest absolute Gasteiger partial charge is 0.508 e. The van der Waals surface area contributed by atoms with Gasteiger partial charge >= 0.3 is 13.2 Å². The fraction of sp³-hybridized carbons (Fsp3) is 0.655. The second kappa shape index (κ2) is 11.3. The minimum absolute atomic E-state index is 0.00608. The number of hydrogen-bond acceptors (Lipinski definition) is 7. The van der Waals surface area contributed by atoms with Gasteiger partial charge in [-0.15, -0.1) is 13.2 Å². The van der Waals surface area contributed by atoms with E-state index in [0.29, 0.717) is 19.5 Å². The third-order valence-electron chi connectivity index (χ3n) is 8.14. The first kappa shape index (κ1) is 28.5. The number of unbranched alkanes of at least 4 members (excludes halogenated alkanes) is 2. The Labute approximate surface area is 227 Å².